The SMILES string of the molecule is O=C1CCCC(=O)N1Cc1ccc([N+](=O)[O-])c(F)c1. The largest absolute Gasteiger partial charge is 0.304 e. The highest BCUT2D eigenvalue weighted by Crippen LogP contribution is 2.21. The normalized spacial score (nSPS) is 15.7. The lowest BCUT2D eigenvalue weighted by Crippen LogP contribution is -2.39. The first-order chi connectivity index (χ1) is 8.99. The Morgan fingerprint density at radius 2 is 1.89 bits per heavy atom. The number of imide groups is 1. The van der Waals surface area contributed by atoms with Crippen LogP contribution in [0.1, 0.15) is 24.8 Å². The quantitative estimate of drug-likeness (QED) is 0.474. The standard InChI is InChI=1S/C12H11FN2O4/c13-9-6-8(4-5-10(9)15(18)19)7-14-11(16)2-1-3-12(14)17/h4-6H,1-3,7H2. The van der Waals surface area contributed by atoms with Crippen LogP contribution in [0.3, 0.4) is 0 Å². The van der Waals surface area contributed by atoms with Gasteiger partial charge in [0.05, 0.1) is 11.5 Å². The number of amides is 2. The number of nitro groups is 1. The summed E-state index contributed by atoms with van der Waals surface area (Å²) in [7, 11) is 0. The van der Waals surface area contributed by atoms with Gasteiger partial charge in [0.2, 0.25) is 17.6 Å². The first kappa shape index (κ1) is 13.1. The van der Waals surface area contributed by atoms with Crippen molar-refractivity contribution in [3.63, 3.8) is 0 Å². The summed E-state index contributed by atoms with van der Waals surface area (Å²) in [5.41, 5.74) is -0.272. The molecule has 0 bridgehead atoms. The van der Waals surface area contributed by atoms with Crippen molar-refractivity contribution in [2.75, 3.05) is 0 Å². The fraction of sp³-hybridized carbons (Fsp3) is 0.333. The number of nitro benzene ring substituents is 1. The van der Waals surface area contributed by atoms with E-state index >= 15 is 0 Å². The van der Waals surface area contributed by atoms with Gasteiger partial charge in [-0.3, -0.25) is 24.6 Å². The molecule has 0 radical (unpaired) electrons. The lowest BCUT2D eigenvalue weighted by atomic mass is 10.1. The Kier molecular flexibility index (Phi) is 3.55. The lowest BCUT2D eigenvalue weighted by Gasteiger charge is -2.24. The third-order valence-corrected chi connectivity index (χ3v) is 2.93. The number of hydrogen-bond donors (Lipinski definition) is 0. The molecular weight excluding hydrogens is 255 g/mol. The fourth-order valence-electron chi connectivity index (χ4n) is 1.96. The first-order valence-electron chi connectivity index (χ1n) is 5.75. The molecule has 1 saturated heterocycles. The maximum Gasteiger partial charge on any atom is 0.304 e. The van der Waals surface area contributed by atoms with Gasteiger partial charge in [-0.2, -0.15) is 4.39 Å². The van der Waals surface area contributed by atoms with E-state index in [0.717, 1.165) is 17.0 Å². The van der Waals surface area contributed by atoms with Gasteiger partial charge in [-0.05, 0) is 18.1 Å². The number of halogens is 1. The maximum atomic E-state index is 13.4. The van der Waals surface area contributed by atoms with Crippen LogP contribution in [0.5, 0.6) is 0 Å². The highest BCUT2D eigenvalue weighted by Gasteiger charge is 2.26. The van der Waals surface area contributed by atoms with E-state index in [-0.39, 0.29) is 18.4 Å². The van der Waals surface area contributed by atoms with Crippen LogP contribution in [0, 0.1) is 15.9 Å². The molecule has 1 heterocycles. The van der Waals surface area contributed by atoms with E-state index in [1.165, 1.54) is 6.07 Å². The predicted octanol–water partition coefficient (Wildman–Crippen LogP) is 1.77. The Labute approximate surface area is 108 Å². The lowest BCUT2D eigenvalue weighted by molar-refractivity contribution is -0.387. The molecule has 1 aromatic carbocycles. The highest BCUT2D eigenvalue weighted by molar-refractivity contribution is 5.97. The Morgan fingerprint density at radius 1 is 1.26 bits per heavy atom. The van der Waals surface area contributed by atoms with E-state index in [2.05, 4.69) is 0 Å². The van der Waals surface area contributed by atoms with Crippen molar-refractivity contribution in [2.45, 2.75) is 25.8 Å². The van der Waals surface area contributed by atoms with Gasteiger partial charge in [0.15, 0.2) is 0 Å². The molecule has 7 heteroatoms. The van der Waals surface area contributed by atoms with E-state index in [0.29, 0.717) is 24.8 Å². The zero-order valence-electron chi connectivity index (χ0n) is 9.97. The monoisotopic (exact) mass is 266 g/mol. The number of nitrogens with zero attached hydrogens (tertiary/aromatic N) is 2. The molecule has 0 aromatic heterocycles. The van der Waals surface area contributed by atoms with Gasteiger partial charge in [-0.1, -0.05) is 6.07 Å². The van der Waals surface area contributed by atoms with Crippen molar-refractivity contribution in [3.05, 3.63) is 39.7 Å². The van der Waals surface area contributed by atoms with Crippen molar-refractivity contribution in [3.8, 4) is 0 Å². The molecule has 0 saturated carbocycles. The summed E-state index contributed by atoms with van der Waals surface area (Å²) in [5.74, 6) is -1.57. The average Bonchev–Trinajstić information content (AvgIpc) is 2.33. The molecule has 1 aromatic rings. The molecule has 0 N–H and O–H groups in total. The summed E-state index contributed by atoms with van der Waals surface area (Å²) in [6.45, 7) is -0.0490. The van der Waals surface area contributed by atoms with Crippen LogP contribution in [0.4, 0.5) is 10.1 Å². The summed E-state index contributed by atoms with van der Waals surface area (Å²) in [6, 6.07) is 3.35. The van der Waals surface area contributed by atoms with Crippen molar-refractivity contribution in [1.29, 1.82) is 0 Å². The van der Waals surface area contributed by atoms with Gasteiger partial charge < -0.3 is 0 Å². The first-order valence-corrected chi connectivity index (χ1v) is 5.75. The average molecular weight is 266 g/mol. The van der Waals surface area contributed by atoms with E-state index in [9.17, 15) is 24.1 Å². The van der Waals surface area contributed by atoms with Crippen LogP contribution in [-0.2, 0) is 16.1 Å². The molecule has 1 aliphatic heterocycles. The highest BCUT2D eigenvalue weighted by atomic mass is 19.1. The Bertz CT molecular complexity index is 543. The topological polar surface area (TPSA) is 80.5 Å². The van der Waals surface area contributed by atoms with E-state index in [1.54, 1.807) is 0 Å². The summed E-state index contributed by atoms with van der Waals surface area (Å²) in [6.07, 6.45) is 1.12. The molecule has 0 aliphatic carbocycles. The molecule has 0 atom stereocenters. The molecule has 0 unspecified atom stereocenters. The number of hydrogen-bond acceptors (Lipinski definition) is 4. The molecule has 100 valence electrons. The number of rotatable bonds is 3. The van der Waals surface area contributed by atoms with Crippen LogP contribution >= 0.6 is 0 Å². The van der Waals surface area contributed by atoms with E-state index < -0.39 is 16.4 Å². The van der Waals surface area contributed by atoms with Crippen LogP contribution in [0.25, 0.3) is 0 Å². The Hall–Kier alpha value is -2.31. The molecule has 2 rings (SSSR count). The van der Waals surface area contributed by atoms with Crippen molar-refractivity contribution < 1.29 is 18.9 Å². The Balaban J connectivity index is 2.19. The van der Waals surface area contributed by atoms with Gasteiger partial charge in [0, 0.05) is 18.9 Å². The van der Waals surface area contributed by atoms with Crippen LogP contribution < -0.4 is 0 Å². The second-order valence-corrected chi connectivity index (χ2v) is 4.27. The molecule has 0 spiro atoms. The fourth-order valence-corrected chi connectivity index (χ4v) is 1.96. The zero-order chi connectivity index (χ0) is 14.0. The summed E-state index contributed by atoms with van der Waals surface area (Å²) in [5, 5.41) is 10.5. The molecule has 1 fully saturated rings. The zero-order valence-corrected chi connectivity index (χ0v) is 9.97. The van der Waals surface area contributed by atoms with Crippen molar-refractivity contribution in [1.82, 2.24) is 4.90 Å². The molecular formula is C12H11FN2O4. The minimum Gasteiger partial charge on any atom is -0.278 e. The number of likely N-dealkylation sites (tertiary alicyclic amines) is 1. The minimum atomic E-state index is -0.973. The Morgan fingerprint density at radius 3 is 2.42 bits per heavy atom. The molecule has 19 heavy (non-hydrogen) atoms. The van der Waals surface area contributed by atoms with Crippen molar-refractivity contribution in [2.24, 2.45) is 0 Å². The second kappa shape index (κ2) is 5.13. The van der Waals surface area contributed by atoms with E-state index in [4.69, 9.17) is 0 Å². The van der Waals surface area contributed by atoms with Crippen LogP contribution in [0.15, 0.2) is 18.2 Å². The summed E-state index contributed by atoms with van der Waals surface area (Å²) >= 11 is 0. The van der Waals surface area contributed by atoms with Crippen LogP contribution in [0.2, 0.25) is 0 Å². The van der Waals surface area contributed by atoms with Gasteiger partial charge >= 0.3 is 5.69 Å². The smallest absolute Gasteiger partial charge is 0.278 e. The molecule has 6 nitrogen and oxygen atoms in total. The number of carbonyl (C=O) groups excluding carboxylic acids is 2. The molecule has 1 aliphatic rings. The predicted molar refractivity (Wildman–Crippen MR) is 62.5 cm³/mol. The summed E-state index contributed by atoms with van der Waals surface area (Å²) in [4.78, 5) is 33.9. The maximum absolute atomic E-state index is 13.4. The van der Waals surface area contributed by atoms with Crippen LogP contribution in [-0.4, -0.2) is 21.6 Å². The van der Waals surface area contributed by atoms with Gasteiger partial charge in [-0.25, -0.2) is 0 Å². The van der Waals surface area contributed by atoms with Gasteiger partial charge in [-0.15, -0.1) is 0 Å². The van der Waals surface area contributed by atoms with Crippen molar-refractivity contribution >= 4 is 17.5 Å². The third-order valence-electron chi connectivity index (χ3n) is 2.93. The molecule has 2 amide bonds. The number of carbonyl (C=O) groups is 2. The third kappa shape index (κ3) is 2.75. The van der Waals surface area contributed by atoms with Gasteiger partial charge in [0.25, 0.3) is 0 Å². The van der Waals surface area contributed by atoms with E-state index in [1.807, 2.05) is 0 Å². The second-order valence-electron chi connectivity index (χ2n) is 4.27. The number of piperidine rings is 1. The minimum absolute atomic E-state index is 0.0490. The number of benzene rings is 1. The summed E-state index contributed by atoms with van der Waals surface area (Å²) < 4.78 is 13.4. The van der Waals surface area contributed by atoms with Gasteiger partial charge in [0.1, 0.15) is 0 Å².